The number of likely N-dealkylation sites (tertiary alicyclic amines) is 1. The first-order chi connectivity index (χ1) is 14.6. The standard InChI is InChI=1S/C23H36N6O/c1-2-28(14-18-6-4-3-5-7-18)22-20-10-13-29(23(20)26-17-25-22)15-19-8-11-27(12-9-19)16-21(24)30/h10,13,17-19H,2-9,11-12,14-16H2,1H3,(H2,24,30). The molecular formula is C23H36N6O. The first-order valence-corrected chi connectivity index (χ1v) is 11.7. The van der Waals surface area contributed by atoms with Crippen LogP contribution in [-0.2, 0) is 11.3 Å². The van der Waals surface area contributed by atoms with Gasteiger partial charge in [0.2, 0.25) is 5.91 Å². The molecule has 1 amide bonds. The third kappa shape index (κ3) is 4.94. The highest BCUT2D eigenvalue weighted by Crippen LogP contribution is 2.30. The van der Waals surface area contributed by atoms with Crippen molar-refractivity contribution in [3.05, 3.63) is 18.6 Å². The van der Waals surface area contributed by atoms with Crippen LogP contribution in [0.1, 0.15) is 51.9 Å². The summed E-state index contributed by atoms with van der Waals surface area (Å²) >= 11 is 0. The van der Waals surface area contributed by atoms with Crippen LogP contribution in [0, 0.1) is 11.8 Å². The average molecular weight is 413 g/mol. The lowest BCUT2D eigenvalue weighted by molar-refractivity contribution is -0.119. The summed E-state index contributed by atoms with van der Waals surface area (Å²) in [7, 11) is 0. The molecule has 0 radical (unpaired) electrons. The monoisotopic (exact) mass is 412 g/mol. The molecule has 7 heteroatoms. The Morgan fingerprint density at radius 2 is 1.90 bits per heavy atom. The van der Waals surface area contributed by atoms with Crippen LogP contribution in [0.2, 0.25) is 0 Å². The van der Waals surface area contributed by atoms with Crippen molar-refractivity contribution in [2.75, 3.05) is 37.6 Å². The number of anilines is 1. The molecule has 3 heterocycles. The van der Waals surface area contributed by atoms with Crippen molar-refractivity contribution in [3.8, 4) is 0 Å². The summed E-state index contributed by atoms with van der Waals surface area (Å²) in [5.41, 5.74) is 6.38. The Bertz CT molecular complexity index is 835. The number of amides is 1. The van der Waals surface area contributed by atoms with Gasteiger partial charge in [0.05, 0.1) is 11.9 Å². The first-order valence-electron chi connectivity index (χ1n) is 11.7. The predicted molar refractivity (Wildman–Crippen MR) is 120 cm³/mol. The third-order valence-electron chi connectivity index (χ3n) is 6.96. The Morgan fingerprint density at radius 3 is 2.60 bits per heavy atom. The van der Waals surface area contributed by atoms with Gasteiger partial charge >= 0.3 is 0 Å². The number of aromatic nitrogens is 3. The lowest BCUT2D eigenvalue weighted by Gasteiger charge is -2.31. The lowest BCUT2D eigenvalue weighted by atomic mass is 9.89. The fourth-order valence-electron chi connectivity index (χ4n) is 5.26. The van der Waals surface area contributed by atoms with Gasteiger partial charge in [-0.3, -0.25) is 9.69 Å². The largest absolute Gasteiger partial charge is 0.369 e. The maximum absolute atomic E-state index is 11.1. The quantitative estimate of drug-likeness (QED) is 0.721. The molecule has 2 aromatic rings. The molecule has 2 aliphatic rings. The van der Waals surface area contributed by atoms with Crippen LogP contribution in [0.5, 0.6) is 0 Å². The third-order valence-corrected chi connectivity index (χ3v) is 6.96. The van der Waals surface area contributed by atoms with Crippen molar-refractivity contribution in [1.82, 2.24) is 19.4 Å². The van der Waals surface area contributed by atoms with E-state index in [0.717, 1.165) is 62.9 Å². The molecule has 0 aromatic carbocycles. The van der Waals surface area contributed by atoms with Crippen LogP contribution >= 0.6 is 0 Å². The zero-order valence-electron chi connectivity index (χ0n) is 18.3. The minimum Gasteiger partial charge on any atom is -0.369 e. The Labute approximate surface area is 179 Å². The molecule has 2 N–H and O–H groups in total. The van der Waals surface area contributed by atoms with Gasteiger partial charge in [0.15, 0.2) is 0 Å². The fraction of sp³-hybridized carbons (Fsp3) is 0.696. The molecule has 4 rings (SSSR count). The summed E-state index contributed by atoms with van der Waals surface area (Å²) in [6.45, 7) is 7.55. The van der Waals surface area contributed by atoms with Crippen LogP contribution in [0.4, 0.5) is 5.82 Å². The van der Waals surface area contributed by atoms with Gasteiger partial charge in [-0.05, 0) is 63.6 Å². The number of primary amides is 1. The number of nitrogens with zero attached hydrogens (tertiary/aromatic N) is 5. The van der Waals surface area contributed by atoms with E-state index in [1.807, 2.05) is 0 Å². The van der Waals surface area contributed by atoms with Gasteiger partial charge in [0.25, 0.3) is 0 Å². The molecular weight excluding hydrogens is 376 g/mol. The maximum atomic E-state index is 11.1. The van der Waals surface area contributed by atoms with Crippen molar-refractivity contribution >= 4 is 22.8 Å². The van der Waals surface area contributed by atoms with Gasteiger partial charge in [-0.25, -0.2) is 9.97 Å². The number of hydrogen-bond acceptors (Lipinski definition) is 5. The van der Waals surface area contributed by atoms with Crippen molar-refractivity contribution in [2.24, 2.45) is 17.6 Å². The number of fused-ring (bicyclic) bond motifs is 1. The number of carbonyl (C=O) groups excluding carboxylic acids is 1. The molecule has 1 aliphatic carbocycles. The van der Waals surface area contributed by atoms with Crippen LogP contribution in [0.3, 0.4) is 0 Å². The highest BCUT2D eigenvalue weighted by atomic mass is 16.1. The smallest absolute Gasteiger partial charge is 0.231 e. The van der Waals surface area contributed by atoms with E-state index < -0.39 is 0 Å². The van der Waals surface area contributed by atoms with Gasteiger partial charge in [-0.15, -0.1) is 0 Å². The molecule has 1 aliphatic heterocycles. The molecule has 0 atom stereocenters. The van der Waals surface area contributed by atoms with Crippen molar-refractivity contribution < 1.29 is 4.79 Å². The van der Waals surface area contributed by atoms with E-state index in [4.69, 9.17) is 10.7 Å². The van der Waals surface area contributed by atoms with Crippen LogP contribution in [0.25, 0.3) is 11.0 Å². The van der Waals surface area contributed by atoms with Crippen LogP contribution in [0.15, 0.2) is 18.6 Å². The second kappa shape index (κ2) is 9.77. The Kier molecular flexibility index (Phi) is 6.87. The number of hydrogen-bond donors (Lipinski definition) is 1. The first kappa shape index (κ1) is 21.1. The van der Waals surface area contributed by atoms with Crippen LogP contribution in [-0.4, -0.2) is 58.1 Å². The number of carbonyl (C=O) groups is 1. The molecule has 1 saturated carbocycles. The molecule has 1 saturated heterocycles. The second-order valence-electron chi connectivity index (χ2n) is 9.13. The molecule has 0 spiro atoms. The maximum Gasteiger partial charge on any atom is 0.231 e. The number of nitrogens with two attached hydrogens (primary N) is 1. The SMILES string of the molecule is CCN(CC1CCCCC1)c1ncnc2c1ccn2CC1CCN(CC(N)=O)CC1. The van der Waals surface area contributed by atoms with E-state index >= 15 is 0 Å². The van der Waals surface area contributed by atoms with Gasteiger partial charge in [0, 0.05) is 25.8 Å². The van der Waals surface area contributed by atoms with Gasteiger partial charge in [0.1, 0.15) is 17.8 Å². The molecule has 164 valence electrons. The summed E-state index contributed by atoms with van der Waals surface area (Å²) in [6.07, 6.45) is 12.9. The van der Waals surface area contributed by atoms with Crippen molar-refractivity contribution in [1.29, 1.82) is 0 Å². The Morgan fingerprint density at radius 1 is 1.13 bits per heavy atom. The van der Waals surface area contributed by atoms with Crippen LogP contribution < -0.4 is 10.6 Å². The van der Waals surface area contributed by atoms with Gasteiger partial charge in [-0.2, -0.15) is 0 Å². The summed E-state index contributed by atoms with van der Waals surface area (Å²) in [5, 5.41) is 1.17. The zero-order chi connectivity index (χ0) is 20.9. The summed E-state index contributed by atoms with van der Waals surface area (Å²) < 4.78 is 2.30. The average Bonchev–Trinajstić information content (AvgIpc) is 3.17. The fourth-order valence-corrected chi connectivity index (χ4v) is 5.26. The lowest BCUT2D eigenvalue weighted by Crippen LogP contribution is -2.40. The topological polar surface area (TPSA) is 80.3 Å². The van der Waals surface area contributed by atoms with Crippen molar-refractivity contribution in [3.63, 3.8) is 0 Å². The Hall–Kier alpha value is -2.15. The molecule has 0 unspecified atom stereocenters. The van der Waals surface area contributed by atoms with E-state index in [2.05, 4.69) is 38.5 Å². The minimum atomic E-state index is -0.234. The highest BCUT2D eigenvalue weighted by Gasteiger charge is 2.23. The number of piperidine rings is 1. The van der Waals surface area contributed by atoms with E-state index in [0.29, 0.717) is 12.5 Å². The summed E-state index contributed by atoms with van der Waals surface area (Å²) in [5.74, 6) is 2.25. The zero-order valence-corrected chi connectivity index (χ0v) is 18.3. The minimum absolute atomic E-state index is 0.234. The highest BCUT2D eigenvalue weighted by molar-refractivity contribution is 5.87. The van der Waals surface area contributed by atoms with Gasteiger partial charge in [-0.1, -0.05) is 19.3 Å². The van der Waals surface area contributed by atoms with E-state index in [9.17, 15) is 4.79 Å². The predicted octanol–water partition coefficient (Wildman–Crippen LogP) is 3.04. The summed E-state index contributed by atoms with van der Waals surface area (Å²) in [6, 6.07) is 2.19. The molecule has 2 aromatic heterocycles. The molecule has 2 fully saturated rings. The summed E-state index contributed by atoms with van der Waals surface area (Å²) in [4.78, 5) is 25.1. The molecule has 30 heavy (non-hydrogen) atoms. The van der Waals surface area contributed by atoms with Gasteiger partial charge < -0.3 is 15.2 Å². The number of rotatable bonds is 8. The Balaban J connectivity index is 1.44. The van der Waals surface area contributed by atoms with E-state index in [1.54, 1.807) is 6.33 Å². The molecule has 0 bridgehead atoms. The van der Waals surface area contributed by atoms with E-state index in [1.165, 1.54) is 37.5 Å². The second-order valence-corrected chi connectivity index (χ2v) is 9.13. The van der Waals surface area contributed by atoms with Crippen molar-refractivity contribution in [2.45, 2.75) is 58.4 Å². The molecule has 7 nitrogen and oxygen atoms in total. The normalized spacial score (nSPS) is 19.4. The van der Waals surface area contributed by atoms with E-state index in [-0.39, 0.29) is 5.91 Å².